The number of hydrogen-bond donors (Lipinski definition) is 1. The SMILES string of the molecule is CCCC(CCC)c1cc(C)c(C)cc1C(C)N(Cc1cc(C(F)(F)F)cc(C(F)(F)F)c1)C(=O)O. The van der Waals surface area contributed by atoms with Crippen LogP contribution in [0.2, 0.25) is 0 Å². The van der Waals surface area contributed by atoms with Crippen LogP contribution in [0.3, 0.4) is 0 Å². The Morgan fingerprint density at radius 1 is 0.833 bits per heavy atom. The lowest BCUT2D eigenvalue weighted by molar-refractivity contribution is -0.143. The molecule has 0 aromatic heterocycles. The lowest BCUT2D eigenvalue weighted by atomic mass is 9.83. The highest BCUT2D eigenvalue weighted by atomic mass is 19.4. The van der Waals surface area contributed by atoms with Gasteiger partial charge in [0.05, 0.1) is 17.2 Å². The van der Waals surface area contributed by atoms with E-state index in [0.29, 0.717) is 12.1 Å². The zero-order valence-corrected chi connectivity index (χ0v) is 21.1. The highest BCUT2D eigenvalue weighted by molar-refractivity contribution is 5.66. The Bertz CT molecular complexity index is 1020. The van der Waals surface area contributed by atoms with Gasteiger partial charge in [0, 0.05) is 6.54 Å². The Morgan fingerprint density at radius 2 is 1.28 bits per heavy atom. The summed E-state index contributed by atoms with van der Waals surface area (Å²) >= 11 is 0. The average molecular weight is 518 g/mol. The summed E-state index contributed by atoms with van der Waals surface area (Å²) in [7, 11) is 0. The Morgan fingerprint density at radius 3 is 1.67 bits per heavy atom. The second-order valence-corrected chi connectivity index (χ2v) is 9.34. The van der Waals surface area contributed by atoms with Gasteiger partial charge in [0.2, 0.25) is 0 Å². The number of benzene rings is 2. The molecular formula is C27H33F6NO2. The fourth-order valence-corrected chi connectivity index (χ4v) is 4.57. The van der Waals surface area contributed by atoms with E-state index in [0.717, 1.165) is 52.8 Å². The van der Waals surface area contributed by atoms with Crippen LogP contribution in [-0.4, -0.2) is 16.1 Å². The van der Waals surface area contributed by atoms with Crippen molar-refractivity contribution in [1.82, 2.24) is 4.90 Å². The molecule has 200 valence electrons. The molecule has 1 unspecified atom stereocenters. The van der Waals surface area contributed by atoms with Crippen LogP contribution >= 0.6 is 0 Å². The van der Waals surface area contributed by atoms with Gasteiger partial charge in [0.1, 0.15) is 0 Å². The quantitative estimate of drug-likeness (QED) is 0.337. The highest BCUT2D eigenvalue weighted by Gasteiger charge is 2.37. The van der Waals surface area contributed by atoms with E-state index in [9.17, 15) is 36.2 Å². The normalized spacial score (nSPS) is 13.2. The van der Waals surface area contributed by atoms with Gasteiger partial charge in [-0.1, -0.05) is 38.8 Å². The number of carbonyl (C=O) groups is 1. The lowest BCUT2D eigenvalue weighted by Crippen LogP contribution is -2.33. The maximum atomic E-state index is 13.3. The number of rotatable bonds is 9. The zero-order chi connectivity index (χ0) is 27.4. The second-order valence-electron chi connectivity index (χ2n) is 9.34. The smallest absolute Gasteiger partial charge is 0.416 e. The number of hydrogen-bond acceptors (Lipinski definition) is 1. The molecule has 3 nitrogen and oxygen atoms in total. The number of aryl methyl sites for hydroxylation is 2. The van der Waals surface area contributed by atoms with E-state index < -0.39 is 42.2 Å². The first-order valence-electron chi connectivity index (χ1n) is 12.0. The van der Waals surface area contributed by atoms with Gasteiger partial charge in [-0.3, -0.25) is 4.90 Å². The van der Waals surface area contributed by atoms with Gasteiger partial charge in [0.25, 0.3) is 0 Å². The minimum atomic E-state index is -5.01. The van der Waals surface area contributed by atoms with Crippen molar-refractivity contribution in [2.45, 2.75) is 91.2 Å². The first kappa shape index (κ1) is 29.5. The fourth-order valence-electron chi connectivity index (χ4n) is 4.57. The molecule has 0 radical (unpaired) electrons. The summed E-state index contributed by atoms with van der Waals surface area (Å²) in [6.07, 6.45) is -7.86. The monoisotopic (exact) mass is 517 g/mol. The van der Waals surface area contributed by atoms with Crippen molar-refractivity contribution in [2.75, 3.05) is 0 Å². The molecule has 0 aliphatic carbocycles. The highest BCUT2D eigenvalue weighted by Crippen LogP contribution is 2.39. The number of carboxylic acid groups (broad SMARTS) is 1. The maximum Gasteiger partial charge on any atom is 0.416 e. The number of halogens is 6. The number of alkyl halides is 6. The molecule has 0 heterocycles. The molecule has 2 aromatic rings. The van der Waals surface area contributed by atoms with Crippen molar-refractivity contribution in [3.8, 4) is 0 Å². The third kappa shape index (κ3) is 7.17. The standard InChI is InChI=1S/C27H33F6NO2/c1-6-8-20(9-7-2)24-11-17(4)16(3)10-23(24)18(5)34(25(35)36)15-19-12-21(26(28,29)30)14-22(13-19)27(31,32)33/h10-14,18,20H,6-9,15H2,1-5H3,(H,35,36). The second kappa shape index (κ2) is 11.6. The summed E-state index contributed by atoms with van der Waals surface area (Å²) in [4.78, 5) is 13.1. The van der Waals surface area contributed by atoms with Gasteiger partial charge in [-0.15, -0.1) is 0 Å². The molecule has 0 fully saturated rings. The van der Waals surface area contributed by atoms with E-state index in [1.165, 1.54) is 0 Å². The van der Waals surface area contributed by atoms with Crippen molar-refractivity contribution in [2.24, 2.45) is 0 Å². The molecule has 1 atom stereocenters. The molecule has 1 N–H and O–H groups in total. The third-order valence-electron chi connectivity index (χ3n) is 6.58. The van der Waals surface area contributed by atoms with E-state index in [1.807, 2.05) is 26.0 Å². The zero-order valence-electron chi connectivity index (χ0n) is 21.1. The summed E-state index contributed by atoms with van der Waals surface area (Å²) in [5.74, 6) is 0.165. The third-order valence-corrected chi connectivity index (χ3v) is 6.58. The number of nitrogens with zero attached hydrogens (tertiary/aromatic N) is 1. The summed E-state index contributed by atoms with van der Waals surface area (Å²) in [5, 5.41) is 9.97. The predicted octanol–water partition coefficient (Wildman–Crippen LogP) is 9.27. The van der Waals surface area contributed by atoms with Crippen molar-refractivity contribution in [1.29, 1.82) is 0 Å². The van der Waals surface area contributed by atoms with E-state index in [2.05, 4.69) is 13.8 Å². The van der Waals surface area contributed by atoms with Crippen LogP contribution in [0.5, 0.6) is 0 Å². The van der Waals surface area contributed by atoms with Crippen LogP contribution in [0.4, 0.5) is 31.1 Å². The van der Waals surface area contributed by atoms with Crippen LogP contribution in [0, 0.1) is 13.8 Å². The Hall–Kier alpha value is -2.71. The molecule has 0 bridgehead atoms. The van der Waals surface area contributed by atoms with Crippen molar-refractivity contribution < 1.29 is 36.2 Å². The Kier molecular flexibility index (Phi) is 9.48. The van der Waals surface area contributed by atoms with Gasteiger partial charge >= 0.3 is 18.4 Å². The molecule has 36 heavy (non-hydrogen) atoms. The molecule has 2 rings (SSSR count). The van der Waals surface area contributed by atoms with Gasteiger partial charge in [-0.05, 0) is 85.5 Å². The largest absolute Gasteiger partial charge is 0.465 e. The van der Waals surface area contributed by atoms with E-state index in [4.69, 9.17) is 0 Å². The summed E-state index contributed by atoms with van der Waals surface area (Å²) in [6.45, 7) is 8.96. The van der Waals surface area contributed by atoms with Crippen molar-refractivity contribution in [3.05, 3.63) is 69.3 Å². The maximum absolute atomic E-state index is 13.3. The average Bonchev–Trinajstić information content (AvgIpc) is 2.77. The van der Waals surface area contributed by atoms with Crippen LogP contribution in [0.1, 0.15) is 97.4 Å². The molecule has 0 saturated carbocycles. The molecule has 0 aliphatic rings. The van der Waals surface area contributed by atoms with Gasteiger partial charge < -0.3 is 5.11 Å². The van der Waals surface area contributed by atoms with E-state index in [-0.39, 0.29) is 17.5 Å². The van der Waals surface area contributed by atoms with Gasteiger partial charge in [0.15, 0.2) is 0 Å². The minimum Gasteiger partial charge on any atom is -0.465 e. The van der Waals surface area contributed by atoms with E-state index in [1.54, 1.807) is 6.92 Å². The fraction of sp³-hybridized carbons (Fsp3) is 0.519. The lowest BCUT2D eigenvalue weighted by Gasteiger charge is -2.31. The summed E-state index contributed by atoms with van der Waals surface area (Å²) in [5.41, 5.74) is 0.335. The first-order valence-corrected chi connectivity index (χ1v) is 12.0. The molecular weight excluding hydrogens is 484 g/mol. The molecule has 0 aliphatic heterocycles. The summed E-state index contributed by atoms with van der Waals surface area (Å²) < 4.78 is 80.0. The Balaban J connectivity index is 2.60. The molecule has 0 saturated heterocycles. The minimum absolute atomic E-state index is 0.0412. The topological polar surface area (TPSA) is 40.5 Å². The molecule has 2 aromatic carbocycles. The van der Waals surface area contributed by atoms with Gasteiger partial charge in [-0.2, -0.15) is 26.3 Å². The van der Waals surface area contributed by atoms with Crippen LogP contribution in [0.25, 0.3) is 0 Å². The van der Waals surface area contributed by atoms with Crippen LogP contribution in [0.15, 0.2) is 30.3 Å². The molecule has 1 amide bonds. The molecule has 0 spiro atoms. The number of amides is 1. The van der Waals surface area contributed by atoms with Gasteiger partial charge in [-0.25, -0.2) is 4.79 Å². The summed E-state index contributed by atoms with van der Waals surface area (Å²) in [6, 6.07) is 4.32. The van der Waals surface area contributed by atoms with E-state index >= 15 is 0 Å². The molecule has 9 heteroatoms. The van der Waals surface area contributed by atoms with Crippen LogP contribution in [-0.2, 0) is 18.9 Å². The van der Waals surface area contributed by atoms with Crippen LogP contribution < -0.4 is 0 Å². The Labute approximate surface area is 208 Å². The van der Waals surface area contributed by atoms with Crippen molar-refractivity contribution >= 4 is 6.09 Å². The van der Waals surface area contributed by atoms with Crippen molar-refractivity contribution in [3.63, 3.8) is 0 Å². The first-order chi connectivity index (χ1) is 16.6. The predicted molar refractivity (Wildman–Crippen MR) is 127 cm³/mol.